The molecular weight excluding hydrogens is 486 g/mol. The third-order valence-electron chi connectivity index (χ3n) is 7.58. The Morgan fingerprint density at radius 2 is 1.56 bits per heavy atom. The quantitative estimate of drug-likeness (QED) is 0.282. The van der Waals surface area contributed by atoms with Crippen molar-refractivity contribution in [1.29, 1.82) is 0 Å². The smallest absolute Gasteiger partial charge is 0.270 e. The molecule has 3 aromatic carbocycles. The first-order chi connectivity index (χ1) is 18.8. The fourth-order valence-electron chi connectivity index (χ4n) is 5.38. The molecule has 1 fully saturated rings. The molecular formula is C33H39N3O3. The van der Waals surface area contributed by atoms with Gasteiger partial charge in [-0.2, -0.15) is 0 Å². The molecule has 0 spiro atoms. The Balaban J connectivity index is 1.44. The summed E-state index contributed by atoms with van der Waals surface area (Å²) in [7, 11) is 1.70. The molecule has 204 valence electrons. The van der Waals surface area contributed by atoms with E-state index in [0.717, 1.165) is 46.7 Å². The Labute approximate surface area is 231 Å². The van der Waals surface area contributed by atoms with Crippen molar-refractivity contribution in [3.05, 3.63) is 89.6 Å². The Morgan fingerprint density at radius 3 is 2.23 bits per heavy atom. The number of amides is 1. The van der Waals surface area contributed by atoms with E-state index in [1.54, 1.807) is 7.11 Å². The van der Waals surface area contributed by atoms with Crippen molar-refractivity contribution in [3.63, 3.8) is 0 Å². The maximum absolute atomic E-state index is 14.0. The second-order valence-corrected chi connectivity index (χ2v) is 11.1. The monoisotopic (exact) mass is 525 g/mol. The van der Waals surface area contributed by atoms with Crippen LogP contribution >= 0.6 is 0 Å². The van der Waals surface area contributed by atoms with E-state index in [-0.39, 0.29) is 11.3 Å². The van der Waals surface area contributed by atoms with Gasteiger partial charge < -0.3 is 23.8 Å². The third-order valence-corrected chi connectivity index (χ3v) is 7.58. The van der Waals surface area contributed by atoms with Crippen LogP contribution in [-0.2, 0) is 12.0 Å². The molecule has 1 aromatic heterocycles. The van der Waals surface area contributed by atoms with Crippen LogP contribution in [0.15, 0.2) is 72.8 Å². The number of nitrogens with zero attached hydrogens (tertiary/aromatic N) is 3. The summed E-state index contributed by atoms with van der Waals surface area (Å²) in [5, 5.41) is 0.974. The summed E-state index contributed by atoms with van der Waals surface area (Å²) in [4.78, 5) is 18.3. The van der Waals surface area contributed by atoms with Gasteiger partial charge in [-0.15, -0.1) is 0 Å². The third kappa shape index (κ3) is 5.47. The molecule has 6 heteroatoms. The summed E-state index contributed by atoms with van der Waals surface area (Å²) >= 11 is 0. The first-order valence-corrected chi connectivity index (χ1v) is 13.8. The first-order valence-electron chi connectivity index (χ1n) is 13.8. The molecule has 0 aliphatic carbocycles. The SMILES string of the molecule is CCOc1cccc2c1cc(C(=O)N1CCN(c3ccccc3OC)CC1)n2Cc1ccc(C(C)(C)C)cc1. The fourth-order valence-corrected chi connectivity index (χ4v) is 5.38. The molecule has 1 aliphatic rings. The number of carbonyl (C=O) groups excluding carboxylic acids is 1. The van der Waals surface area contributed by atoms with Crippen molar-refractivity contribution in [2.24, 2.45) is 0 Å². The van der Waals surface area contributed by atoms with Crippen LogP contribution in [0.2, 0.25) is 0 Å². The van der Waals surface area contributed by atoms with E-state index in [1.165, 1.54) is 5.56 Å². The van der Waals surface area contributed by atoms with Crippen molar-refractivity contribution in [1.82, 2.24) is 9.47 Å². The van der Waals surface area contributed by atoms with E-state index in [4.69, 9.17) is 9.47 Å². The normalized spacial score (nSPS) is 14.1. The molecule has 1 saturated heterocycles. The zero-order chi connectivity index (χ0) is 27.6. The van der Waals surface area contributed by atoms with E-state index >= 15 is 0 Å². The highest BCUT2D eigenvalue weighted by Crippen LogP contribution is 2.32. The van der Waals surface area contributed by atoms with Crippen LogP contribution in [-0.4, -0.2) is 55.3 Å². The van der Waals surface area contributed by atoms with E-state index in [2.05, 4.69) is 66.6 Å². The topological polar surface area (TPSA) is 46.9 Å². The van der Waals surface area contributed by atoms with Crippen LogP contribution in [0.1, 0.15) is 49.3 Å². The van der Waals surface area contributed by atoms with Gasteiger partial charge in [-0.05, 0) is 53.8 Å². The van der Waals surface area contributed by atoms with Crippen molar-refractivity contribution in [2.45, 2.75) is 39.7 Å². The number of hydrogen-bond acceptors (Lipinski definition) is 4. The van der Waals surface area contributed by atoms with Gasteiger partial charge >= 0.3 is 0 Å². The Morgan fingerprint density at radius 1 is 0.872 bits per heavy atom. The van der Waals surface area contributed by atoms with Crippen molar-refractivity contribution in [2.75, 3.05) is 44.8 Å². The number of fused-ring (bicyclic) bond motifs is 1. The lowest BCUT2D eigenvalue weighted by molar-refractivity contribution is 0.0737. The first kappa shape index (κ1) is 26.7. The Bertz CT molecular complexity index is 1440. The summed E-state index contributed by atoms with van der Waals surface area (Å²) in [6, 6.07) is 24.9. The lowest BCUT2D eigenvalue weighted by Gasteiger charge is -2.36. The predicted octanol–water partition coefficient (Wildman–Crippen LogP) is 6.36. The zero-order valence-electron chi connectivity index (χ0n) is 23.7. The molecule has 2 heterocycles. The van der Waals surface area contributed by atoms with E-state index < -0.39 is 0 Å². The van der Waals surface area contributed by atoms with Gasteiger partial charge in [0.25, 0.3) is 5.91 Å². The molecule has 1 amide bonds. The minimum absolute atomic E-state index is 0.0552. The number of ether oxygens (including phenoxy) is 2. The lowest BCUT2D eigenvalue weighted by atomic mass is 9.87. The maximum Gasteiger partial charge on any atom is 0.270 e. The number of aromatic nitrogens is 1. The van der Waals surface area contributed by atoms with Crippen LogP contribution in [0, 0.1) is 0 Å². The van der Waals surface area contributed by atoms with Crippen LogP contribution in [0.5, 0.6) is 11.5 Å². The highest BCUT2D eigenvalue weighted by Gasteiger charge is 2.27. The summed E-state index contributed by atoms with van der Waals surface area (Å²) in [6.45, 7) is 12.7. The molecule has 0 radical (unpaired) electrons. The van der Waals surface area contributed by atoms with Crippen LogP contribution < -0.4 is 14.4 Å². The predicted molar refractivity (Wildman–Crippen MR) is 158 cm³/mol. The molecule has 5 rings (SSSR count). The molecule has 0 N–H and O–H groups in total. The van der Waals surface area contributed by atoms with Gasteiger partial charge in [0, 0.05) is 38.1 Å². The largest absolute Gasteiger partial charge is 0.495 e. The van der Waals surface area contributed by atoms with Gasteiger partial charge in [-0.3, -0.25) is 4.79 Å². The number of rotatable bonds is 7. The standard InChI is InChI=1S/C33H39N3O3/c1-6-39-30-13-9-11-27-26(30)22-29(36(27)23-24-14-16-25(17-15-24)33(2,3)4)32(37)35-20-18-34(19-21-35)28-10-7-8-12-31(28)38-5/h7-17,22H,6,18-21,23H2,1-5H3. The number of anilines is 1. The van der Waals surface area contributed by atoms with Crippen LogP contribution in [0.4, 0.5) is 5.69 Å². The van der Waals surface area contributed by atoms with Gasteiger partial charge in [-0.1, -0.05) is 63.2 Å². The molecule has 0 atom stereocenters. The number of piperazine rings is 1. The average Bonchev–Trinajstić information content (AvgIpc) is 3.32. The van der Waals surface area contributed by atoms with E-state index in [1.807, 2.05) is 48.2 Å². The highest BCUT2D eigenvalue weighted by molar-refractivity contribution is 6.00. The second-order valence-electron chi connectivity index (χ2n) is 11.1. The van der Waals surface area contributed by atoms with Crippen LogP contribution in [0.3, 0.4) is 0 Å². The van der Waals surface area contributed by atoms with Gasteiger partial charge in [-0.25, -0.2) is 0 Å². The summed E-state index contributed by atoms with van der Waals surface area (Å²) in [5.41, 5.74) is 5.34. The number of hydrogen-bond donors (Lipinski definition) is 0. The maximum atomic E-state index is 14.0. The van der Waals surface area contributed by atoms with Gasteiger partial charge in [0.05, 0.1) is 24.9 Å². The highest BCUT2D eigenvalue weighted by atomic mass is 16.5. The van der Waals surface area contributed by atoms with Crippen molar-refractivity contribution in [3.8, 4) is 11.5 Å². The van der Waals surface area contributed by atoms with Crippen LogP contribution in [0.25, 0.3) is 10.9 Å². The van der Waals surface area contributed by atoms with Gasteiger partial charge in [0.1, 0.15) is 17.2 Å². The van der Waals surface area contributed by atoms with Gasteiger partial charge in [0.15, 0.2) is 0 Å². The molecule has 0 bridgehead atoms. The summed E-state index contributed by atoms with van der Waals surface area (Å²) < 4.78 is 13.7. The van der Waals surface area contributed by atoms with Gasteiger partial charge in [0.2, 0.25) is 0 Å². The number of para-hydroxylation sites is 2. The van der Waals surface area contributed by atoms with Crippen molar-refractivity contribution < 1.29 is 14.3 Å². The minimum atomic E-state index is 0.0552. The lowest BCUT2D eigenvalue weighted by Crippen LogP contribution is -2.49. The minimum Gasteiger partial charge on any atom is -0.495 e. The summed E-state index contributed by atoms with van der Waals surface area (Å²) in [5.74, 6) is 1.73. The molecule has 0 unspecified atom stereocenters. The fraction of sp³-hybridized carbons (Fsp3) is 0.364. The number of carbonyl (C=O) groups is 1. The van der Waals surface area contributed by atoms with Crippen molar-refractivity contribution >= 4 is 22.5 Å². The van der Waals surface area contributed by atoms with E-state index in [0.29, 0.717) is 31.9 Å². The molecule has 39 heavy (non-hydrogen) atoms. The average molecular weight is 526 g/mol. The number of methoxy groups -OCH3 is 1. The molecule has 4 aromatic rings. The second kappa shape index (κ2) is 11.0. The summed E-state index contributed by atoms with van der Waals surface area (Å²) in [6.07, 6.45) is 0. The molecule has 1 aliphatic heterocycles. The van der Waals surface area contributed by atoms with E-state index in [9.17, 15) is 4.79 Å². The molecule has 6 nitrogen and oxygen atoms in total. The Hall–Kier alpha value is -3.93. The molecule has 0 saturated carbocycles. The Kier molecular flexibility index (Phi) is 7.56. The zero-order valence-corrected chi connectivity index (χ0v) is 23.7. The number of benzene rings is 3.